The van der Waals surface area contributed by atoms with Gasteiger partial charge in [0, 0.05) is 30.4 Å². The van der Waals surface area contributed by atoms with E-state index in [-0.39, 0.29) is 11.3 Å². The minimum Gasteiger partial charge on any atom is -0.423 e. The van der Waals surface area contributed by atoms with Crippen LogP contribution in [0.1, 0.15) is 21.5 Å². The second kappa shape index (κ2) is 9.71. The van der Waals surface area contributed by atoms with Crippen molar-refractivity contribution in [3.8, 4) is 17.0 Å². The Hall–Kier alpha value is -4.98. The molecule has 0 saturated heterocycles. The molecule has 0 amide bonds. The van der Waals surface area contributed by atoms with Gasteiger partial charge in [0.05, 0.1) is 10.5 Å². The monoisotopic (exact) mass is 478 g/mol. The zero-order valence-electron chi connectivity index (χ0n) is 19.4. The molecular formula is C28H22N4O4. The van der Waals surface area contributed by atoms with E-state index in [2.05, 4.69) is 17.4 Å². The standard InChI is InChI=1S/C28H22N4O4/c1-19-8-7-15-31-26(19)30-25(27(31)29-18-20-9-3-2-4-10-20)21-11-6-14-24(17-21)36-28(33)22-12-5-13-23(16-22)32(34)35/h2-17,29H,18H2,1H3. The Labute approximate surface area is 207 Å². The summed E-state index contributed by atoms with van der Waals surface area (Å²) >= 11 is 0. The smallest absolute Gasteiger partial charge is 0.343 e. The van der Waals surface area contributed by atoms with Gasteiger partial charge in [-0.2, -0.15) is 0 Å². The summed E-state index contributed by atoms with van der Waals surface area (Å²) in [5.41, 5.74) is 4.38. The van der Waals surface area contributed by atoms with E-state index in [1.165, 1.54) is 24.3 Å². The number of non-ortho nitro benzene ring substituents is 1. The Bertz CT molecular complexity index is 1580. The van der Waals surface area contributed by atoms with Crippen LogP contribution in [0.15, 0.2) is 97.2 Å². The fourth-order valence-corrected chi connectivity index (χ4v) is 3.98. The predicted octanol–water partition coefficient (Wildman–Crippen LogP) is 6.05. The minimum absolute atomic E-state index is 0.100. The summed E-state index contributed by atoms with van der Waals surface area (Å²) in [7, 11) is 0. The maximum absolute atomic E-state index is 12.7. The molecule has 0 atom stereocenters. The molecule has 0 unspecified atom stereocenters. The van der Waals surface area contributed by atoms with E-state index in [9.17, 15) is 14.9 Å². The SMILES string of the molecule is Cc1cccn2c(NCc3ccccc3)c(-c3cccc(OC(=O)c4cccc([N+](=O)[O-])c4)c3)nc12. The number of anilines is 1. The van der Waals surface area contributed by atoms with Crippen molar-refractivity contribution < 1.29 is 14.5 Å². The summed E-state index contributed by atoms with van der Waals surface area (Å²) in [6, 6.07) is 26.6. The number of carbonyl (C=O) groups excluding carboxylic acids is 1. The molecule has 2 heterocycles. The Morgan fingerprint density at radius 2 is 1.81 bits per heavy atom. The molecule has 0 aliphatic rings. The number of hydrogen-bond donors (Lipinski definition) is 1. The molecule has 0 spiro atoms. The van der Waals surface area contributed by atoms with Gasteiger partial charge in [-0.05, 0) is 42.3 Å². The molecule has 178 valence electrons. The number of aromatic nitrogens is 2. The first-order valence-corrected chi connectivity index (χ1v) is 11.3. The summed E-state index contributed by atoms with van der Waals surface area (Å²) in [6.45, 7) is 2.61. The van der Waals surface area contributed by atoms with Crippen molar-refractivity contribution >= 4 is 23.1 Å². The fourth-order valence-electron chi connectivity index (χ4n) is 3.98. The molecule has 0 radical (unpaired) electrons. The third-order valence-corrected chi connectivity index (χ3v) is 5.76. The molecule has 5 aromatic rings. The number of nitrogens with zero attached hydrogens (tertiary/aromatic N) is 3. The topological polar surface area (TPSA) is 98.8 Å². The zero-order valence-corrected chi connectivity index (χ0v) is 19.4. The Morgan fingerprint density at radius 3 is 2.61 bits per heavy atom. The van der Waals surface area contributed by atoms with Gasteiger partial charge in [0.2, 0.25) is 0 Å². The van der Waals surface area contributed by atoms with Gasteiger partial charge in [0.1, 0.15) is 22.9 Å². The highest BCUT2D eigenvalue weighted by Crippen LogP contribution is 2.32. The van der Waals surface area contributed by atoms with Crippen molar-refractivity contribution in [1.82, 2.24) is 9.38 Å². The van der Waals surface area contributed by atoms with Crippen LogP contribution in [0.2, 0.25) is 0 Å². The van der Waals surface area contributed by atoms with Crippen LogP contribution in [0.3, 0.4) is 0 Å². The molecule has 3 aromatic carbocycles. The van der Waals surface area contributed by atoms with Crippen LogP contribution in [-0.2, 0) is 6.54 Å². The van der Waals surface area contributed by atoms with Gasteiger partial charge in [-0.3, -0.25) is 14.5 Å². The summed E-state index contributed by atoms with van der Waals surface area (Å²) < 4.78 is 7.56. The van der Waals surface area contributed by atoms with Gasteiger partial charge in [-0.1, -0.05) is 54.6 Å². The van der Waals surface area contributed by atoms with Crippen LogP contribution in [0, 0.1) is 17.0 Å². The van der Waals surface area contributed by atoms with Crippen LogP contribution >= 0.6 is 0 Å². The molecule has 5 rings (SSSR count). The van der Waals surface area contributed by atoms with Crippen LogP contribution in [0.5, 0.6) is 5.75 Å². The normalized spacial score (nSPS) is 10.8. The van der Waals surface area contributed by atoms with Crippen LogP contribution < -0.4 is 10.1 Å². The number of rotatable bonds is 7. The van der Waals surface area contributed by atoms with Crippen LogP contribution in [-0.4, -0.2) is 20.3 Å². The van der Waals surface area contributed by atoms with Gasteiger partial charge in [0.25, 0.3) is 5.69 Å². The Morgan fingerprint density at radius 1 is 1.00 bits per heavy atom. The molecular weight excluding hydrogens is 456 g/mol. The van der Waals surface area contributed by atoms with Gasteiger partial charge >= 0.3 is 5.97 Å². The maximum Gasteiger partial charge on any atom is 0.343 e. The molecule has 0 saturated carbocycles. The largest absolute Gasteiger partial charge is 0.423 e. The van der Waals surface area contributed by atoms with E-state index in [4.69, 9.17) is 9.72 Å². The number of ether oxygens (including phenoxy) is 1. The molecule has 0 aliphatic heterocycles. The van der Waals surface area contributed by atoms with Crippen molar-refractivity contribution in [2.24, 2.45) is 0 Å². The van der Waals surface area contributed by atoms with Crippen molar-refractivity contribution in [3.05, 3.63) is 124 Å². The van der Waals surface area contributed by atoms with E-state index in [1.54, 1.807) is 18.2 Å². The molecule has 0 bridgehead atoms. The fraction of sp³-hybridized carbons (Fsp3) is 0.0714. The molecule has 0 aliphatic carbocycles. The number of benzene rings is 3. The van der Waals surface area contributed by atoms with Crippen molar-refractivity contribution in [2.45, 2.75) is 13.5 Å². The number of hydrogen-bond acceptors (Lipinski definition) is 6. The molecule has 8 heteroatoms. The number of fused-ring (bicyclic) bond motifs is 1. The van der Waals surface area contributed by atoms with Crippen LogP contribution in [0.4, 0.5) is 11.5 Å². The molecule has 0 fully saturated rings. The maximum atomic E-state index is 12.7. The number of pyridine rings is 1. The average molecular weight is 479 g/mol. The Balaban J connectivity index is 1.48. The van der Waals surface area contributed by atoms with Gasteiger partial charge in [-0.15, -0.1) is 0 Å². The van der Waals surface area contributed by atoms with Gasteiger partial charge in [0.15, 0.2) is 0 Å². The van der Waals surface area contributed by atoms with E-state index in [0.29, 0.717) is 18.0 Å². The first kappa shape index (κ1) is 22.8. The lowest BCUT2D eigenvalue weighted by Gasteiger charge is -2.10. The van der Waals surface area contributed by atoms with E-state index < -0.39 is 10.9 Å². The lowest BCUT2D eigenvalue weighted by atomic mass is 10.1. The highest BCUT2D eigenvalue weighted by molar-refractivity contribution is 5.92. The van der Waals surface area contributed by atoms with E-state index >= 15 is 0 Å². The number of aryl methyl sites for hydroxylation is 1. The number of nitro benzene ring substituents is 1. The number of nitrogens with one attached hydrogen (secondary N) is 1. The highest BCUT2D eigenvalue weighted by atomic mass is 16.6. The molecule has 2 aromatic heterocycles. The van der Waals surface area contributed by atoms with Gasteiger partial charge in [-0.25, -0.2) is 9.78 Å². The lowest BCUT2D eigenvalue weighted by molar-refractivity contribution is -0.384. The third-order valence-electron chi connectivity index (χ3n) is 5.76. The predicted molar refractivity (Wildman–Crippen MR) is 137 cm³/mol. The van der Waals surface area contributed by atoms with Crippen molar-refractivity contribution in [3.63, 3.8) is 0 Å². The summed E-state index contributed by atoms with van der Waals surface area (Å²) in [5.74, 6) is 0.454. The summed E-state index contributed by atoms with van der Waals surface area (Å²) in [6.07, 6.45) is 1.96. The molecule has 1 N–H and O–H groups in total. The van der Waals surface area contributed by atoms with Gasteiger partial charge < -0.3 is 10.1 Å². The molecule has 36 heavy (non-hydrogen) atoms. The zero-order chi connectivity index (χ0) is 25.1. The van der Waals surface area contributed by atoms with Crippen LogP contribution in [0.25, 0.3) is 16.9 Å². The summed E-state index contributed by atoms with van der Waals surface area (Å²) in [5, 5.41) is 14.6. The number of esters is 1. The number of carbonyl (C=O) groups is 1. The Kier molecular flexibility index (Phi) is 6.15. The third kappa shape index (κ3) is 4.65. The highest BCUT2D eigenvalue weighted by Gasteiger charge is 2.18. The number of nitro groups is 1. The summed E-state index contributed by atoms with van der Waals surface area (Å²) in [4.78, 5) is 28.1. The molecule has 8 nitrogen and oxygen atoms in total. The first-order valence-electron chi connectivity index (χ1n) is 11.3. The van der Waals surface area contributed by atoms with Crippen molar-refractivity contribution in [1.29, 1.82) is 0 Å². The second-order valence-corrected chi connectivity index (χ2v) is 8.26. The average Bonchev–Trinajstić information content (AvgIpc) is 3.28. The number of imidazole rings is 1. The minimum atomic E-state index is -0.677. The first-order chi connectivity index (χ1) is 17.5. The quantitative estimate of drug-likeness (QED) is 0.132. The van der Waals surface area contributed by atoms with Crippen molar-refractivity contribution in [2.75, 3.05) is 5.32 Å². The van der Waals surface area contributed by atoms with E-state index in [0.717, 1.165) is 28.2 Å². The lowest BCUT2D eigenvalue weighted by Crippen LogP contribution is -2.09. The van der Waals surface area contributed by atoms with E-state index in [1.807, 2.05) is 53.9 Å². The second-order valence-electron chi connectivity index (χ2n) is 8.26.